The van der Waals surface area contributed by atoms with Crippen molar-refractivity contribution < 1.29 is 9.53 Å². The lowest BCUT2D eigenvalue weighted by molar-refractivity contribution is -0.0496. The molecule has 1 fully saturated rings. The molecule has 0 aliphatic carbocycles. The largest absolute Gasteiger partial charge is 0.375 e. The predicted molar refractivity (Wildman–Crippen MR) is 121 cm³/mol. The number of benzene rings is 2. The van der Waals surface area contributed by atoms with Crippen LogP contribution in [0.1, 0.15) is 28.4 Å². The van der Waals surface area contributed by atoms with Gasteiger partial charge in [0.1, 0.15) is 5.69 Å². The number of hydrogen-bond acceptors (Lipinski definition) is 6. The summed E-state index contributed by atoms with van der Waals surface area (Å²) in [5, 5.41) is 17.0. The first-order chi connectivity index (χ1) is 16.1. The second-order valence-electron chi connectivity index (χ2n) is 8.12. The van der Waals surface area contributed by atoms with Gasteiger partial charge in [-0.3, -0.25) is 4.79 Å². The molecule has 0 radical (unpaired) electrons. The van der Waals surface area contributed by atoms with E-state index in [-0.39, 0.29) is 18.1 Å². The van der Waals surface area contributed by atoms with Gasteiger partial charge in [-0.25, -0.2) is 0 Å². The van der Waals surface area contributed by atoms with E-state index in [1.807, 2.05) is 49.1 Å². The molecule has 9 heteroatoms. The highest BCUT2D eigenvalue weighted by atomic mass is 16.5. The molecule has 0 spiro atoms. The quantitative estimate of drug-likeness (QED) is 0.471. The van der Waals surface area contributed by atoms with Crippen LogP contribution in [0.3, 0.4) is 0 Å². The molecular formula is C24H25N7O2. The van der Waals surface area contributed by atoms with Gasteiger partial charge >= 0.3 is 0 Å². The van der Waals surface area contributed by atoms with Crippen LogP contribution >= 0.6 is 0 Å². The fourth-order valence-corrected chi connectivity index (χ4v) is 4.38. The molecule has 4 aromatic rings. The summed E-state index contributed by atoms with van der Waals surface area (Å²) in [6.45, 7) is 5.01. The van der Waals surface area contributed by atoms with Crippen molar-refractivity contribution in [2.45, 2.75) is 32.4 Å². The number of ether oxygens (including phenoxy) is 1. The molecule has 2 atom stereocenters. The van der Waals surface area contributed by atoms with Crippen LogP contribution in [0.4, 0.5) is 0 Å². The fraction of sp³-hybridized carbons (Fsp3) is 0.292. The predicted octanol–water partition coefficient (Wildman–Crippen LogP) is 2.63. The van der Waals surface area contributed by atoms with Crippen LogP contribution in [-0.2, 0) is 11.2 Å². The summed E-state index contributed by atoms with van der Waals surface area (Å²) in [6, 6.07) is 13.6. The monoisotopic (exact) mass is 443 g/mol. The molecule has 3 heterocycles. The minimum Gasteiger partial charge on any atom is -0.375 e. The molecule has 1 amide bonds. The molecule has 1 aliphatic rings. The van der Waals surface area contributed by atoms with Crippen molar-refractivity contribution in [3.8, 4) is 11.4 Å². The van der Waals surface area contributed by atoms with Gasteiger partial charge in [-0.05, 0) is 49.6 Å². The lowest BCUT2D eigenvalue weighted by Crippen LogP contribution is -2.54. The van der Waals surface area contributed by atoms with Crippen molar-refractivity contribution in [2.24, 2.45) is 0 Å². The highest BCUT2D eigenvalue weighted by Gasteiger charge is 2.34. The van der Waals surface area contributed by atoms with Gasteiger partial charge in [0.25, 0.3) is 5.91 Å². The van der Waals surface area contributed by atoms with Crippen molar-refractivity contribution in [1.29, 1.82) is 0 Å². The van der Waals surface area contributed by atoms with Crippen molar-refractivity contribution in [3.05, 3.63) is 83.9 Å². The molecule has 0 bridgehead atoms. The third kappa shape index (κ3) is 4.14. The number of carbonyl (C=O) groups excluding carboxylic acids is 1. The molecule has 168 valence electrons. The van der Waals surface area contributed by atoms with Gasteiger partial charge in [-0.1, -0.05) is 24.3 Å². The molecule has 0 saturated carbocycles. The number of amides is 1. The van der Waals surface area contributed by atoms with E-state index < -0.39 is 0 Å². The highest BCUT2D eigenvalue weighted by molar-refractivity contribution is 5.98. The van der Waals surface area contributed by atoms with E-state index in [1.165, 1.54) is 4.80 Å². The maximum atomic E-state index is 13.8. The van der Waals surface area contributed by atoms with E-state index in [4.69, 9.17) is 4.74 Å². The summed E-state index contributed by atoms with van der Waals surface area (Å²) < 4.78 is 5.95. The second kappa shape index (κ2) is 8.95. The van der Waals surface area contributed by atoms with Gasteiger partial charge in [0.2, 0.25) is 0 Å². The Morgan fingerprint density at radius 3 is 2.45 bits per heavy atom. The Morgan fingerprint density at radius 1 is 1.00 bits per heavy atom. The normalized spacial score (nSPS) is 18.4. The van der Waals surface area contributed by atoms with Crippen LogP contribution in [0.15, 0.2) is 67.3 Å². The summed E-state index contributed by atoms with van der Waals surface area (Å²) in [4.78, 5) is 18.9. The lowest BCUT2D eigenvalue weighted by atomic mass is 9.97. The molecule has 2 aromatic carbocycles. The average molecular weight is 444 g/mol. The smallest absolute Gasteiger partial charge is 0.256 e. The minimum atomic E-state index is -0.119. The lowest BCUT2D eigenvalue weighted by Gasteiger charge is -2.40. The first-order valence-electron chi connectivity index (χ1n) is 11.0. The van der Waals surface area contributed by atoms with E-state index in [0.717, 1.165) is 16.8 Å². The van der Waals surface area contributed by atoms with Crippen LogP contribution in [0.25, 0.3) is 11.4 Å². The summed E-state index contributed by atoms with van der Waals surface area (Å²) in [6.07, 6.45) is 7.08. The van der Waals surface area contributed by atoms with E-state index in [2.05, 4.69) is 32.5 Å². The minimum absolute atomic E-state index is 0.0453. The van der Waals surface area contributed by atoms with Gasteiger partial charge in [-0.2, -0.15) is 30.0 Å². The summed E-state index contributed by atoms with van der Waals surface area (Å²) in [5.41, 5.74) is 4.19. The van der Waals surface area contributed by atoms with Gasteiger partial charge in [0, 0.05) is 6.54 Å². The molecule has 1 aliphatic heterocycles. The maximum Gasteiger partial charge on any atom is 0.256 e. The molecular weight excluding hydrogens is 418 g/mol. The van der Waals surface area contributed by atoms with Gasteiger partial charge in [0.05, 0.1) is 54.8 Å². The van der Waals surface area contributed by atoms with Crippen LogP contribution in [-0.4, -0.2) is 66.1 Å². The number of carbonyl (C=O) groups is 1. The SMILES string of the molecule is Cc1cccc(C(=O)N2CCO[C@@H](C)[C@H]2Cc2cccc(-n3nccn3)c2)c1-n1nccn1. The molecule has 5 rings (SSSR count). The van der Waals surface area contributed by atoms with Crippen LogP contribution in [0, 0.1) is 6.92 Å². The first-order valence-corrected chi connectivity index (χ1v) is 11.0. The second-order valence-corrected chi connectivity index (χ2v) is 8.12. The topological polar surface area (TPSA) is 91.0 Å². The van der Waals surface area contributed by atoms with Crippen LogP contribution < -0.4 is 0 Å². The highest BCUT2D eigenvalue weighted by Crippen LogP contribution is 2.25. The first kappa shape index (κ1) is 21.0. The number of para-hydroxylation sites is 1. The zero-order chi connectivity index (χ0) is 22.8. The maximum absolute atomic E-state index is 13.8. The molecule has 9 nitrogen and oxygen atoms in total. The van der Waals surface area contributed by atoms with Crippen molar-refractivity contribution >= 4 is 5.91 Å². The summed E-state index contributed by atoms with van der Waals surface area (Å²) >= 11 is 0. The van der Waals surface area contributed by atoms with Gasteiger partial charge < -0.3 is 9.64 Å². The molecule has 0 unspecified atom stereocenters. The number of hydrogen-bond donors (Lipinski definition) is 0. The zero-order valence-electron chi connectivity index (χ0n) is 18.6. The Morgan fingerprint density at radius 2 is 1.70 bits per heavy atom. The van der Waals surface area contributed by atoms with E-state index in [1.54, 1.807) is 29.6 Å². The van der Waals surface area contributed by atoms with Crippen molar-refractivity contribution in [1.82, 2.24) is 34.9 Å². The number of nitrogens with zero attached hydrogens (tertiary/aromatic N) is 7. The standard InChI is InChI=1S/C24H25N7O2/c1-17-5-3-8-21(23(17)31-27-11-12-28-31)24(32)29-13-14-33-18(2)22(29)16-19-6-4-7-20(15-19)30-25-9-10-26-30/h3-12,15,18,22H,13-14,16H2,1-2H3/t18-,22+/m0/s1. The Labute approximate surface area is 191 Å². The summed E-state index contributed by atoms with van der Waals surface area (Å²) in [5.74, 6) is -0.0453. The Bertz CT molecular complexity index is 1240. The number of morpholine rings is 1. The Hall–Kier alpha value is -3.85. The fourth-order valence-electron chi connectivity index (χ4n) is 4.38. The third-order valence-electron chi connectivity index (χ3n) is 6.01. The average Bonchev–Trinajstić information content (AvgIpc) is 3.55. The van der Waals surface area contributed by atoms with E-state index in [9.17, 15) is 4.79 Å². The molecule has 1 saturated heterocycles. The number of rotatable bonds is 5. The van der Waals surface area contributed by atoms with E-state index >= 15 is 0 Å². The van der Waals surface area contributed by atoms with E-state index in [0.29, 0.717) is 30.8 Å². The number of aromatic nitrogens is 6. The van der Waals surface area contributed by atoms with Crippen molar-refractivity contribution in [3.63, 3.8) is 0 Å². The summed E-state index contributed by atoms with van der Waals surface area (Å²) in [7, 11) is 0. The Balaban J connectivity index is 1.47. The zero-order valence-corrected chi connectivity index (χ0v) is 18.6. The molecule has 2 aromatic heterocycles. The van der Waals surface area contributed by atoms with Crippen LogP contribution in [0.5, 0.6) is 0 Å². The van der Waals surface area contributed by atoms with Crippen molar-refractivity contribution in [2.75, 3.05) is 13.2 Å². The van der Waals surface area contributed by atoms with Gasteiger partial charge in [-0.15, -0.1) is 0 Å². The third-order valence-corrected chi connectivity index (χ3v) is 6.01. The molecule has 0 N–H and O–H groups in total. The molecule has 33 heavy (non-hydrogen) atoms. The van der Waals surface area contributed by atoms with Gasteiger partial charge in [0.15, 0.2) is 0 Å². The number of aryl methyl sites for hydroxylation is 1. The van der Waals surface area contributed by atoms with Crippen LogP contribution in [0.2, 0.25) is 0 Å². The Kier molecular flexibility index (Phi) is 5.70.